The van der Waals surface area contributed by atoms with Crippen molar-refractivity contribution in [1.29, 1.82) is 0 Å². The van der Waals surface area contributed by atoms with Gasteiger partial charge in [-0.1, -0.05) is 6.08 Å². The van der Waals surface area contributed by atoms with Gasteiger partial charge in [0.2, 0.25) is 0 Å². The van der Waals surface area contributed by atoms with Crippen molar-refractivity contribution in [3.63, 3.8) is 0 Å². The average Bonchev–Trinajstić information content (AvgIpc) is 2.47. The minimum absolute atomic E-state index is 0.0663. The van der Waals surface area contributed by atoms with Crippen LogP contribution in [0.4, 0.5) is 0 Å². The fourth-order valence-corrected chi connectivity index (χ4v) is 1.96. The van der Waals surface area contributed by atoms with E-state index >= 15 is 0 Å². The molecule has 0 aliphatic heterocycles. The van der Waals surface area contributed by atoms with E-state index in [-0.39, 0.29) is 4.90 Å². The molecule has 0 radical (unpaired) electrons. The number of hydrogen-bond acceptors (Lipinski definition) is 3. The molecule has 1 aromatic heterocycles. The van der Waals surface area contributed by atoms with E-state index in [4.69, 9.17) is 10.7 Å². The normalized spacial score (nSPS) is 14.5. The maximum Gasteiger partial charge on any atom is 0.262 e. The fraction of sp³-hybridized carbons (Fsp3) is 0.125. The summed E-state index contributed by atoms with van der Waals surface area (Å²) < 4.78 is 21.9. The van der Waals surface area contributed by atoms with Crippen LogP contribution in [0.1, 0.15) is 11.3 Å². The van der Waals surface area contributed by atoms with Crippen LogP contribution in [0.25, 0.3) is 6.08 Å². The van der Waals surface area contributed by atoms with Crippen molar-refractivity contribution in [2.24, 2.45) is 0 Å². The van der Waals surface area contributed by atoms with Crippen molar-refractivity contribution >= 4 is 25.8 Å². The lowest BCUT2D eigenvalue weighted by molar-refractivity contribution is 0.609. The Balaban J connectivity index is 2.57. The monoisotopic (exact) mass is 215 g/mol. The molecule has 0 bridgehead atoms. The molecule has 0 unspecified atom stereocenters. The standard InChI is InChI=1S/C8H6ClNO2S/c9-13(11,12)7-4-6-2-1-3-8(6)10-5-7/h1,3-5H,2H2. The van der Waals surface area contributed by atoms with Gasteiger partial charge in [0.05, 0.1) is 5.69 Å². The second kappa shape index (κ2) is 2.82. The molecule has 1 heterocycles. The Labute approximate surface area is 80.5 Å². The lowest BCUT2D eigenvalue weighted by Gasteiger charge is -1.99. The van der Waals surface area contributed by atoms with Gasteiger partial charge in [0, 0.05) is 16.9 Å². The van der Waals surface area contributed by atoms with Crippen molar-refractivity contribution in [2.45, 2.75) is 11.3 Å². The first kappa shape index (κ1) is 8.72. The van der Waals surface area contributed by atoms with Gasteiger partial charge in [-0.15, -0.1) is 0 Å². The first-order valence-electron chi connectivity index (χ1n) is 3.67. The molecule has 68 valence electrons. The zero-order chi connectivity index (χ0) is 9.47. The molecule has 5 heteroatoms. The van der Waals surface area contributed by atoms with Gasteiger partial charge < -0.3 is 0 Å². The van der Waals surface area contributed by atoms with Gasteiger partial charge >= 0.3 is 0 Å². The molecule has 0 saturated heterocycles. The molecule has 0 fully saturated rings. The minimum atomic E-state index is -3.64. The second-order valence-electron chi connectivity index (χ2n) is 2.76. The number of hydrogen-bond donors (Lipinski definition) is 0. The van der Waals surface area contributed by atoms with Crippen LogP contribution >= 0.6 is 10.7 Å². The van der Waals surface area contributed by atoms with E-state index in [1.807, 2.05) is 12.2 Å². The van der Waals surface area contributed by atoms with Crippen molar-refractivity contribution in [2.75, 3.05) is 0 Å². The van der Waals surface area contributed by atoms with E-state index in [0.29, 0.717) is 0 Å². The average molecular weight is 216 g/mol. The summed E-state index contributed by atoms with van der Waals surface area (Å²) in [5.41, 5.74) is 1.73. The first-order valence-corrected chi connectivity index (χ1v) is 5.98. The van der Waals surface area contributed by atoms with Crippen LogP contribution in [0, 0.1) is 0 Å². The Kier molecular flexibility index (Phi) is 1.89. The fourth-order valence-electron chi connectivity index (χ4n) is 1.24. The topological polar surface area (TPSA) is 47.0 Å². The molecular formula is C8H6ClNO2S. The van der Waals surface area contributed by atoms with E-state index in [9.17, 15) is 8.42 Å². The van der Waals surface area contributed by atoms with E-state index in [0.717, 1.165) is 17.7 Å². The van der Waals surface area contributed by atoms with Gasteiger partial charge in [0.15, 0.2) is 0 Å². The Bertz CT molecular complexity index is 479. The molecule has 0 amide bonds. The van der Waals surface area contributed by atoms with Crippen LogP contribution in [0.3, 0.4) is 0 Å². The molecule has 0 atom stereocenters. The molecular weight excluding hydrogens is 210 g/mol. The summed E-state index contributed by atoms with van der Waals surface area (Å²) in [5.74, 6) is 0. The molecule has 0 saturated carbocycles. The van der Waals surface area contributed by atoms with Crippen molar-refractivity contribution in [3.05, 3.63) is 29.6 Å². The molecule has 2 rings (SSSR count). The van der Waals surface area contributed by atoms with Gasteiger partial charge in [-0.05, 0) is 24.1 Å². The first-order chi connectivity index (χ1) is 6.07. The van der Waals surface area contributed by atoms with Gasteiger partial charge in [-0.3, -0.25) is 4.98 Å². The van der Waals surface area contributed by atoms with Crippen molar-refractivity contribution in [3.8, 4) is 0 Å². The van der Waals surface area contributed by atoms with Crippen LogP contribution in [0.5, 0.6) is 0 Å². The third kappa shape index (κ3) is 1.59. The highest BCUT2D eigenvalue weighted by atomic mass is 35.7. The van der Waals surface area contributed by atoms with Crippen LogP contribution in [0.2, 0.25) is 0 Å². The zero-order valence-corrected chi connectivity index (χ0v) is 8.14. The second-order valence-corrected chi connectivity index (χ2v) is 5.33. The summed E-state index contributed by atoms with van der Waals surface area (Å²) >= 11 is 0. The highest BCUT2D eigenvalue weighted by molar-refractivity contribution is 8.13. The number of rotatable bonds is 1. The smallest absolute Gasteiger partial charge is 0.255 e. The predicted molar refractivity (Wildman–Crippen MR) is 50.0 cm³/mol. The number of allylic oxidation sites excluding steroid dienone is 1. The Morgan fingerprint density at radius 2 is 2.23 bits per heavy atom. The molecule has 0 aromatic carbocycles. The molecule has 1 aliphatic carbocycles. The Hall–Kier alpha value is -0.870. The van der Waals surface area contributed by atoms with Crippen LogP contribution in [-0.2, 0) is 15.5 Å². The largest absolute Gasteiger partial charge is 0.262 e. The SMILES string of the molecule is O=S(=O)(Cl)c1cnc2c(c1)CC=C2. The summed E-state index contributed by atoms with van der Waals surface area (Å²) in [4.78, 5) is 4.04. The maximum atomic E-state index is 10.9. The number of halogens is 1. The predicted octanol–water partition coefficient (Wildman–Crippen LogP) is 1.58. The molecule has 1 aromatic rings. The van der Waals surface area contributed by atoms with E-state index in [2.05, 4.69) is 4.98 Å². The van der Waals surface area contributed by atoms with Gasteiger partial charge in [-0.25, -0.2) is 8.42 Å². The molecule has 0 spiro atoms. The molecule has 0 N–H and O–H groups in total. The quantitative estimate of drug-likeness (QED) is 0.669. The van der Waals surface area contributed by atoms with E-state index < -0.39 is 9.05 Å². The third-order valence-corrected chi connectivity index (χ3v) is 3.19. The number of nitrogens with zero attached hydrogens (tertiary/aromatic N) is 1. The summed E-state index contributed by atoms with van der Waals surface area (Å²) in [5, 5.41) is 0. The Morgan fingerprint density at radius 1 is 1.46 bits per heavy atom. The number of aromatic nitrogens is 1. The minimum Gasteiger partial charge on any atom is -0.255 e. The van der Waals surface area contributed by atoms with Gasteiger partial charge in [0.1, 0.15) is 4.90 Å². The van der Waals surface area contributed by atoms with Gasteiger partial charge in [0.25, 0.3) is 9.05 Å². The van der Waals surface area contributed by atoms with Crippen LogP contribution in [0.15, 0.2) is 23.2 Å². The lowest BCUT2D eigenvalue weighted by atomic mass is 10.2. The van der Waals surface area contributed by atoms with E-state index in [1.54, 1.807) is 6.07 Å². The Morgan fingerprint density at radius 3 is 2.92 bits per heavy atom. The maximum absolute atomic E-state index is 10.9. The van der Waals surface area contributed by atoms with Crippen molar-refractivity contribution in [1.82, 2.24) is 4.98 Å². The summed E-state index contributed by atoms with van der Waals surface area (Å²) in [6.07, 6.45) is 5.79. The highest BCUT2D eigenvalue weighted by Crippen LogP contribution is 2.22. The lowest BCUT2D eigenvalue weighted by Crippen LogP contribution is -1.95. The van der Waals surface area contributed by atoms with Crippen LogP contribution in [-0.4, -0.2) is 13.4 Å². The van der Waals surface area contributed by atoms with Gasteiger partial charge in [-0.2, -0.15) is 0 Å². The highest BCUT2D eigenvalue weighted by Gasteiger charge is 2.14. The number of fused-ring (bicyclic) bond motifs is 1. The number of pyridine rings is 1. The molecule has 13 heavy (non-hydrogen) atoms. The van der Waals surface area contributed by atoms with Crippen LogP contribution < -0.4 is 0 Å². The third-order valence-electron chi connectivity index (χ3n) is 1.87. The molecule has 1 aliphatic rings. The summed E-state index contributed by atoms with van der Waals surface area (Å²) in [6, 6.07) is 1.56. The van der Waals surface area contributed by atoms with E-state index in [1.165, 1.54) is 6.20 Å². The molecule has 3 nitrogen and oxygen atoms in total. The zero-order valence-electron chi connectivity index (χ0n) is 6.57. The summed E-state index contributed by atoms with van der Waals surface area (Å²) in [7, 11) is 1.53. The summed E-state index contributed by atoms with van der Waals surface area (Å²) in [6.45, 7) is 0. The van der Waals surface area contributed by atoms with Crippen molar-refractivity contribution < 1.29 is 8.42 Å².